The first-order chi connectivity index (χ1) is 17.6. The van der Waals surface area contributed by atoms with Gasteiger partial charge in [0.2, 0.25) is 0 Å². The zero-order chi connectivity index (χ0) is 26.3. The number of fused-ring (bicyclic) bond motifs is 1. The van der Waals surface area contributed by atoms with Crippen LogP contribution < -0.4 is 5.32 Å². The number of Topliss-reactive ketones (excluding diaryl/α,β-unsaturated/α-hetero) is 1. The first-order valence-corrected chi connectivity index (χ1v) is 11.4. The number of carbonyl (C=O) groups is 2. The molecule has 3 aromatic carbocycles. The summed E-state index contributed by atoms with van der Waals surface area (Å²) in [5.74, 6) is -0.742. The number of nitrogens with one attached hydrogen (secondary N) is 2. The van der Waals surface area contributed by atoms with Gasteiger partial charge >= 0.3 is 6.18 Å². The normalized spacial score (nSPS) is 11.6. The zero-order valence-electron chi connectivity index (χ0n) is 19.9. The van der Waals surface area contributed by atoms with E-state index in [0.717, 1.165) is 17.7 Å². The smallest absolute Gasteiger partial charge is 0.359 e. The first-order valence-electron chi connectivity index (χ1n) is 11.4. The number of amides is 1. The molecular weight excluding hydrogens is 481 g/mol. The number of H-pyrrole nitrogens is 1. The Bertz CT molecular complexity index is 1650. The number of rotatable bonds is 5. The molecule has 6 nitrogen and oxygen atoms in total. The highest BCUT2D eigenvalue weighted by Gasteiger charge is 2.34. The van der Waals surface area contributed by atoms with Crippen LogP contribution in [0.15, 0.2) is 79.1 Å². The van der Waals surface area contributed by atoms with E-state index in [4.69, 9.17) is 0 Å². The molecule has 0 spiro atoms. The molecule has 37 heavy (non-hydrogen) atoms. The summed E-state index contributed by atoms with van der Waals surface area (Å²) in [6.45, 7) is 1.45. The number of halogens is 3. The average molecular weight is 502 g/mol. The molecule has 0 fully saturated rings. The Morgan fingerprint density at radius 3 is 2.38 bits per heavy atom. The number of hydrogen-bond acceptors (Lipinski definition) is 3. The van der Waals surface area contributed by atoms with Crippen LogP contribution in [-0.4, -0.2) is 26.5 Å². The van der Waals surface area contributed by atoms with Crippen LogP contribution in [0.5, 0.6) is 0 Å². The van der Waals surface area contributed by atoms with E-state index in [-0.39, 0.29) is 22.6 Å². The highest BCUT2D eigenvalue weighted by Crippen LogP contribution is 2.39. The van der Waals surface area contributed by atoms with Gasteiger partial charge in [-0.1, -0.05) is 42.5 Å². The Hall–Kier alpha value is -4.66. The van der Waals surface area contributed by atoms with E-state index in [0.29, 0.717) is 27.7 Å². The van der Waals surface area contributed by atoms with Crippen molar-refractivity contribution in [2.45, 2.75) is 13.1 Å². The van der Waals surface area contributed by atoms with Crippen LogP contribution in [0.25, 0.3) is 33.3 Å². The third-order valence-corrected chi connectivity index (χ3v) is 6.14. The minimum absolute atomic E-state index is 0.0306. The van der Waals surface area contributed by atoms with Crippen LogP contribution in [-0.2, 0) is 13.2 Å². The number of nitrogens with zero attached hydrogens (tertiary/aromatic N) is 2. The van der Waals surface area contributed by atoms with Crippen molar-refractivity contribution in [3.8, 4) is 22.4 Å². The molecule has 0 saturated heterocycles. The second kappa shape index (κ2) is 9.09. The van der Waals surface area contributed by atoms with E-state index in [1.165, 1.54) is 29.9 Å². The molecule has 9 heteroatoms. The third-order valence-electron chi connectivity index (χ3n) is 6.14. The molecule has 0 aliphatic heterocycles. The molecule has 5 rings (SSSR count). The first kappa shape index (κ1) is 24.1. The minimum Gasteiger partial charge on any atom is -0.359 e. The van der Waals surface area contributed by atoms with Crippen LogP contribution in [0.2, 0.25) is 0 Å². The number of aromatic nitrogens is 3. The van der Waals surface area contributed by atoms with Gasteiger partial charge in [-0.05, 0) is 36.8 Å². The summed E-state index contributed by atoms with van der Waals surface area (Å²) < 4.78 is 42.6. The van der Waals surface area contributed by atoms with E-state index in [1.807, 2.05) is 30.3 Å². The van der Waals surface area contributed by atoms with Gasteiger partial charge in [0.1, 0.15) is 0 Å². The molecule has 0 aliphatic rings. The van der Waals surface area contributed by atoms with Crippen molar-refractivity contribution in [3.63, 3.8) is 0 Å². The average Bonchev–Trinajstić information content (AvgIpc) is 3.50. The molecule has 2 aromatic heterocycles. The fourth-order valence-corrected chi connectivity index (χ4v) is 4.37. The Morgan fingerprint density at radius 1 is 0.973 bits per heavy atom. The highest BCUT2D eigenvalue weighted by molar-refractivity contribution is 6.16. The van der Waals surface area contributed by atoms with E-state index in [2.05, 4.69) is 15.4 Å². The van der Waals surface area contributed by atoms with Crippen LogP contribution in [0.3, 0.4) is 0 Å². The van der Waals surface area contributed by atoms with Crippen molar-refractivity contribution < 1.29 is 22.8 Å². The number of ketones is 1. The van der Waals surface area contributed by atoms with Gasteiger partial charge in [0.15, 0.2) is 5.78 Å². The van der Waals surface area contributed by atoms with Crippen molar-refractivity contribution in [1.29, 1.82) is 0 Å². The molecule has 0 radical (unpaired) electrons. The molecule has 0 bridgehead atoms. The quantitative estimate of drug-likeness (QED) is 0.262. The van der Waals surface area contributed by atoms with Crippen LogP contribution in [0, 0.1) is 0 Å². The monoisotopic (exact) mass is 502 g/mol. The number of anilines is 1. The molecular formula is C28H21F3N4O2. The molecule has 186 valence electrons. The van der Waals surface area contributed by atoms with Gasteiger partial charge in [0.05, 0.1) is 22.5 Å². The van der Waals surface area contributed by atoms with E-state index >= 15 is 0 Å². The lowest BCUT2D eigenvalue weighted by atomic mass is 9.98. The molecule has 2 heterocycles. The second-order valence-corrected chi connectivity index (χ2v) is 8.62. The molecule has 2 N–H and O–H groups in total. The lowest BCUT2D eigenvalue weighted by Crippen LogP contribution is -2.15. The van der Waals surface area contributed by atoms with Gasteiger partial charge in [-0.25, -0.2) is 0 Å². The van der Waals surface area contributed by atoms with Crippen LogP contribution in [0.4, 0.5) is 18.9 Å². The summed E-state index contributed by atoms with van der Waals surface area (Å²) in [6, 6.07) is 17.6. The van der Waals surface area contributed by atoms with Crippen LogP contribution in [0.1, 0.15) is 33.2 Å². The SMILES string of the molecule is CC(=O)c1c[nH]c2c(NC(=O)c3ccc(C(F)(F)F)c(-c4ccn(C)n4)c3)c(-c3ccccc3)ccc12. The minimum atomic E-state index is -4.62. The molecule has 1 amide bonds. The molecule has 0 saturated carbocycles. The Kier molecular flexibility index (Phi) is 5.91. The zero-order valence-corrected chi connectivity index (χ0v) is 19.9. The molecule has 0 aliphatic carbocycles. The molecule has 0 atom stereocenters. The van der Waals surface area contributed by atoms with E-state index < -0.39 is 17.6 Å². The topological polar surface area (TPSA) is 79.8 Å². The molecule has 0 unspecified atom stereocenters. The lowest BCUT2D eigenvalue weighted by Gasteiger charge is -2.15. The predicted octanol–water partition coefficient (Wildman–Crippen LogP) is 6.71. The standard InChI is InChI=1S/C28H21F3N4O2/c1-16(36)22-15-32-25-20(22)10-9-19(17-6-4-3-5-7-17)26(25)33-27(37)18-8-11-23(28(29,30)31)21(14-18)24-12-13-35(2)34-24/h3-15,32H,1-2H3,(H,33,37). The maximum absolute atomic E-state index is 13.7. The van der Waals surface area contributed by atoms with Gasteiger partial charge in [0, 0.05) is 47.1 Å². The number of hydrogen-bond donors (Lipinski definition) is 2. The van der Waals surface area contributed by atoms with E-state index in [9.17, 15) is 22.8 Å². The number of carbonyl (C=O) groups excluding carboxylic acids is 2. The number of aromatic amines is 1. The van der Waals surface area contributed by atoms with Crippen molar-refractivity contribution >= 4 is 28.3 Å². The van der Waals surface area contributed by atoms with Gasteiger partial charge in [-0.2, -0.15) is 18.3 Å². The fraction of sp³-hybridized carbons (Fsp3) is 0.107. The fourth-order valence-electron chi connectivity index (χ4n) is 4.37. The van der Waals surface area contributed by atoms with E-state index in [1.54, 1.807) is 25.4 Å². The Morgan fingerprint density at radius 2 is 1.73 bits per heavy atom. The van der Waals surface area contributed by atoms with Crippen LogP contribution >= 0.6 is 0 Å². The number of alkyl halides is 3. The maximum Gasteiger partial charge on any atom is 0.417 e. The lowest BCUT2D eigenvalue weighted by molar-refractivity contribution is -0.137. The summed E-state index contributed by atoms with van der Waals surface area (Å²) in [6.07, 6.45) is -1.51. The van der Waals surface area contributed by atoms with Gasteiger partial charge < -0.3 is 10.3 Å². The van der Waals surface area contributed by atoms with Crippen molar-refractivity contribution in [2.75, 3.05) is 5.32 Å². The van der Waals surface area contributed by atoms with Crippen molar-refractivity contribution in [1.82, 2.24) is 14.8 Å². The predicted molar refractivity (Wildman–Crippen MR) is 135 cm³/mol. The van der Waals surface area contributed by atoms with Crippen molar-refractivity contribution in [3.05, 3.63) is 95.8 Å². The van der Waals surface area contributed by atoms with Gasteiger partial charge in [0.25, 0.3) is 5.91 Å². The Balaban J connectivity index is 1.63. The summed E-state index contributed by atoms with van der Waals surface area (Å²) in [7, 11) is 1.60. The summed E-state index contributed by atoms with van der Waals surface area (Å²) >= 11 is 0. The van der Waals surface area contributed by atoms with Crippen molar-refractivity contribution in [2.24, 2.45) is 7.05 Å². The second-order valence-electron chi connectivity index (χ2n) is 8.62. The number of benzene rings is 3. The maximum atomic E-state index is 13.7. The third kappa shape index (κ3) is 4.51. The largest absolute Gasteiger partial charge is 0.417 e. The Labute approximate surface area is 209 Å². The molecule has 5 aromatic rings. The summed E-state index contributed by atoms with van der Waals surface area (Å²) in [5, 5.41) is 7.60. The summed E-state index contributed by atoms with van der Waals surface area (Å²) in [5.41, 5.74) is 1.99. The summed E-state index contributed by atoms with van der Waals surface area (Å²) in [4.78, 5) is 28.6. The van der Waals surface area contributed by atoms with Gasteiger partial charge in [-0.3, -0.25) is 14.3 Å². The highest BCUT2D eigenvalue weighted by atomic mass is 19.4. The van der Waals surface area contributed by atoms with Gasteiger partial charge in [-0.15, -0.1) is 0 Å². The number of aryl methyl sites for hydroxylation is 1.